The van der Waals surface area contributed by atoms with Crippen LogP contribution in [0.4, 0.5) is 0 Å². The highest BCUT2D eigenvalue weighted by Gasteiger charge is 2.18. The van der Waals surface area contributed by atoms with E-state index in [2.05, 4.69) is 0 Å². The molecule has 0 rings (SSSR count). The minimum atomic E-state index is -3.15. The lowest BCUT2D eigenvalue weighted by Gasteiger charge is -2.22. The van der Waals surface area contributed by atoms with Crippen LogP contribution >= 0.6 is 0 Å². The van der Waals surface area contributed by atoms with E-state index in [1.54, 1.807) is 13.8 Å². The van der Waals surface area contributed by atoms with Gasteiger partial charge in [0.25, 0.3) is 0 Å². The van der Waals surface area contributed by atoms with Gasteiger partial charge in [-0.05, 0) is 13.8 Å². The molecule has 4 nitrogen and oxygen atoms in total. The zero-order valence-electron chi connectivity index (χ0n) is 7.61. The molecular formula is C7H14N2O2S. The Hall–Kier alpha value is -0.600. The fourth-order valence-corrected chi connectivity index (χ4v) is 2.16. The van der Waals surface area contributed by atoms with Crippen LogP contribution in [0.3, 0.4) is 0 Å². The monoisotopic (exact) mass is 190 g/mol. The highest BCUT2D eigenvalue weighted by Crippen LogP contribution is 2.04. The maximum atomic E-state index is 11.1. The van der Waals surface area contributed by atoms with Crippen LogP contribution < -0.4 is 0 Å². The first-order chi connectivity index (χ1) is 5.39. The summed E-state index contributed by atoms with van der Waals surface area (Å²) in [7, 11) is -3.15. The SMILES string of the molecule is CC(C)N(CCC#N)S(C)(=O)=O. The van der Waals surface area contributed by atoms with Crippen LogP contribution in [0.25, 0.3) is 0 Å². The maximum absolute atomic E-state index is 11.1. The second-order valence-electron chi connectivity index (χ2n) is 2.88. The van der Waals surface area contributed by atoms with Crippen molar-refractivity contribution in [1.82, 2.24) is 4.31 Å². The summed E-state index contributed by atoms with van der Waals surface area (Å²) in [5.41, 5.74) is 0. The van der Waals surface area contributed by atoms with Gasteiger partial charge in [0.2, 0.25) is 10.0 Å². The molecule has 70 valence electrons. The second kappa shape index (κ2) is 4.43. The summed E-state index contributed by atoms with van der Waals surface area (Å²) in [5, 5.41) is 8.29. The lowest BCUT2D eigenvalue weighted by molar-refractivity contribution is 0.363. The van der Waals surface area contributed by atoms with Gasteiger partial charge < -0.3 is 0 Å². The third-order valence-corrected chi connectivity index (χ3v) is 2.90. The summed E-state index contributed by atoms with van der Waals surface area (Å²) >= 11 is 0. The van der Waals surface area contributed by atoms with Gasteiger partial charge in [-0.15, -0.1) is 0 Å². The first-order valence-corrected chi connectivity index (χ1v) is 5.58. The Morgan fingerprint density at radius 3 is 2.25 bits per heavy atom. The highest BCUT2D eigenvalue weighted by molar-refractivity contribution is 7.88. The molecular weight excluding hydrogens is 176 g/mol. The summed E-state index contributed by atoms with van der Waals surface area (Å²) in [6.45, 7) is 3.86. The number of hydrogen-bond donors (Lipinski definition) is 0. The molecule has 0 amide bonds. The standard InChI is InChI=1S/C7H14N2O2S/c1-7(2)9(6-4-5-8)12(3,10)11/h7H,4,6H2,1-3H3. The van der Waals surface area contributed by atoms with Crippen molar-refractivity contribution in [2.75, 3.05) is 12.8 Å². The normalized spacial score (nSPS) is 12.0. The fraction of sp³-hybridized carbons (Fsp3) is 0.857. The van der Waals surface area contributed by atoms with Gasteiger partial charge in [0.15, 0.2) is 0 Å². The average molecular weight is 190 g/mol. The molecule has 0 saturated carbocycles. The topological polar surface area (TPSA) is 61.2 Å². The summed E-state index contributed by atoms with van der Waals surface area (Å²) in [5.74, 6) is 0. The van der Waals surface area contributed by atoms with Crippen LogP contribution in [0.1, 0.15) is 20.3 Å². The molecule has 0 aliphatic rings. The Morgan fingerprint density at radius 1 is 1.50 bits per heavy atom. The van der Waals surface area contributed by atoms with Crippen molar-refractivity contribution in [1.29, 1.82) is 5.26 Å². The van der Waals surface area contributed by atoms with E-state index in [-0.39, 0.29) is 19.0 Å². The molecule has 12 heavy (non-hydrogen) atoms. The molecule has 0 aliphatic heterocycles. The van der Waals surface area contributed by atoms with Crippen LogP contribution in [0.2, 0.25) is 0 Å². The largest absolute Gasteiger partial charge is 0.212 e. The zero-order valence-corrected chi connectivity index (χ0v) is 8.43. The number of nitrogens with zero attached hydrogens (tertiary/aromatic N) is 2. The van der Waals surface area contributed by atoms with E-state index >= 15 is 0 Å². The summed E-state index contributed by atoms with van der Waals surface area (Å²) in [6.07, 6.45) is 1.40. The van der Waals surface area contributed by atoms with Gasteiger partial charge in [-0.25, -0.2) is 8.42 Å². The smallest absolute Gasteiger partial charge is 0.211 e. The van der Waals surface area contributed by atoms with Crippen LogP contribution in [-0.4, -0.2) is 31.6 Å². The van der Waals surface area contributed by atoms with E-state index in [0.717, 1.165) is 6.26 Å². The average Bonchev–Trinajstić information content (AvgIpc) is 1.84. The van der Waals surface area contributed by atoms with Crippen molar-refractivity contribution in [3.8, 4) is 6.07 Å². The molecule has 0 heterocycles. The molecule has 0 N–H and O–H groups in total. The van der Waals surface area contributed by atoms with Crippen LogP contribution in [0, 0.1) is 11.3 Å². The molecule has 0 aliphatic carbocycles. The molecule has 0 aromatic heterocycles. The van der Waals surface area contributed by atoms with E-state index in [1.807, 2.05) is 6.07 Å². The van der Waals surface area contributed by atoms with Crippen LogP contribution in [-0.2, 0) is 10.0 Å². The third kappa shape index (κ3) is 3.69. The van der Waals surface area contributed by atoms with Crippen molar-refractivity contribution in [3.63, 3.8) is 0 Å². The number of sulfonamides is 1. The summed E-state index contributed by atoms with van der Waals surface area (Å²) in [4.78, 5) is 0. The molecule has 0 atom stereocenters. The molecule has 0 bridgehead atoms. The van der Waals surface area contributed by atoms with Gasteiger partial charge in [0, 0.05) is 19.0 Å². The molecule has 0 saturated heterocycles. The number of rotatable bonds is 4. The van der Waals surface area contributed by atoms with E-state index in [1.165, 1.54) is 4.31 Å². The summed E-state index contributed by atoms with van der Waals surface area (Å²) < 4.78 is 23.5. The fourth-order valence-electron chi connectivity index (χ4n) is 0.967. The third-order valence-electron chi connectivity index (χ3n) is 1.45. The van der Waals surface area contributed by atoms with Gasteiger partial charge in [0.05, 0.1) is 12.3 Å². The van der Waals surface area contributed by atoms with E-state index in [0.29, 0.717) is 0 Å². The number of nitriles is 1. The lowest BCUT2D eigenvalue weighted by atomic mass is 10.3. The predicted molar refractivity (Wildman–Crippen MR) is 46.9 cm³/mol. The molecule has 0 aromatic carbocycles. The Bertz CT molecular complexity index is 264. The van der Waals surface area contributed by atoms with Crippen molar-refractivity contribution >= 4 is 10.0 Å². The van der Waals surface area contributed by atoms with Gasteiger partial charge in [-0.1, -0.05) is 0 Å². The van der Waals surface area contributed by atoms with Gasteiger partial charge in [-0.2, -0.15) is 9.57 Å². The van der Waals surface area contributed by atoms with Crippen LogP contribution in [0.15, 0.2) is 0 Å². The Morgan fingerprint density at radius 2 is 2.00 bits per heavy atom. The quantitative estimate of drug-likeness (QED) is 0.651. The molecule has 0 unspecified atom stereocenters. The van der Waals surface area contributed by atoms with Gasteiger partial charge in [0.1, 0.15) is 0 Å². The van der Waals surface area contributed by atoms with E-state index in [4.69, 9.17) is 5.26 Å². The Labute approximate surface area is 73.8 Å². The highest BCUT2D eigenvalue weighted by atomic mass is 32.2. The van der Waals surface area contributed by atoms with Gasteiger partial charge >= 0.3 is 0 Å². The zero-order chi connectivity index (χ0) is 9.78. The molecule has 0 fully saturated rings. The van der Waals surface area contributed by atoms with Crippen molar-refractivity contribution in [2.24, 2.45) is 0 Å². The predicted octanol–water partition coefficient (Wildman–Crippen LogP) is 0.570. The van der Waals surface area contributed by atoms with Crippen LogP contribution in [0.5, 0.6) is 0 Å². The molecule has 0 radical (unpaired) electrons. The van der Waals surface area contributed by atoms with Gasteiger partial charge in [-0.3, -0.25) is 0 Å². The van der Waals surface area contributed by atoms with Crippen molar-refractivity contribution < 1.29 is 8.42 Å². The Kier molecular flexibility index (Phi) is 4.21. The van der Waals surface area contributed by atoms with Crippen molar-refractivity contribution in [3.05, 3.63) is 0 Å². The lowest BCUT2D eigenvalue weighted by Crippen LogP contribution is -2.36. The number of hydrogen-bond acceptors (Lipinski definition) is 3. The Balaban J connectivity index is 4.38. The molecule has 5 heteroatoms. The maximum Gasteiger partial charge on any atom is 0.211 e. The first-order valence-electron chi connectivity index (χ1n) is 3.73. The van der Waals surface area contributed by atoms with E-state index < -0.39 is 10.0 Å². The van der Waals surface area contributed by atoms with Crippen molar-refractivity contribution in [2.45, 2.75) is 26.3 Å². The second-order valence-corrected chi connectivity index (χ2v) is 4.81. The first kappa shape index (κ1) is 11.4. The molecule has 0 spiro atoms. The minimum absolute atomic E-state index is 0.0756. The molecule has 0 aromatic rings. The summed E-state index contributed by atoms with van der Waals surface area (Å²) in [6, 6.07) is 1.84. The van der Waals surface area contributed by atoms with E-state index in [9.17, 15) is 8.42 Å². The minimum Gasteiger partial charge on any atom is -0.212 e.